The zero-order valence-electron chi connectivity index (χ0n) is 12.6. The lowest BCUT2D eigenvalue weighted by atomic mass is 10.0. The lowest BCUT2D eigenvalue weighted by Crippen LogP contribution is -2.07. The van der Waals surface area contributed by atoms with Crippen molar-refractivity contribution in [2.75, 3.05) is 7.11 Å². The van der Waals surface area contributed by atoms with Crippen molar-refractivity contribution in [1.82, 2.24) is 4.98 Å². The van der Waals surface area contributed by atoms with Gasteiger partial charge in [0.2, 0.25) is 0 Å². The van der Waals surface area contributed by atoms with Gasteiger partial charge in [-0.05, 0) is 37.6 Å². The molecule has 1 unspecified atom stereocenters. The van der Waals surface area contributed by atoms with Crippen LogP contribution in [0.1, 0.15) is 31.1 Å². The van der Waals surface area contributed by atoms with Crippen LogP contribution in [0.4, 0.5) is 0 Å². The summed E-state index contributed by atoms with van der Waals surface area (Å²) >= 11 is 0. The Kier molecular flexibility index (Phi) is 5.17. The Morgan fingerprint density at radius 3 is 2.43 bits per heavy atom. The third kappa shape index (κ3) is 4.46. The van der Waals surface area contributed by atoms with Gasteiger partial charge >= 0.3 is 0 Å². The second kappa shape index (κ2) is 7.09. The smallest absolute Gasteiger partial charge is 0.138 e. The fourth-order valence-electron chi connectivity index (χ4n) is 2.06. The van der Waals surface area contributed by atoms with Crippen molar-refractivity contribution >= 4 is 0 Å². The molecular formula is C17H21NO3. The van der Waals surface area contributed by atoms with Crippen LogP contribution in [0.15, 0.2) is 42.7 Å². The molecule has 1 atom stereocenters. The predicted octanol–water partition coefficient (Wildman–Crippen LogP) is 3.15. The molecule has 0 aliphatic carbocycles. The summed E-state index contributed by atoms with van der Waals surface area (Å²) in [5.41, 5.74) is 1.79. The van der Waals surface area contributed by atoms with E-state index in [-0.39, 0.29) is 6.10 Å². The highest BCUT2D eigenvalue weighted by atomic mass is 16.5. The monoisotopic (exact) mass is 287 g/mol. The van der Waals surface area contributed by atoms with Crippen molar-refractivity contribution in [3.8, 4) is 11.5 Å². The predicted molar refractivity (Wildman–Crippen MR) is 81.7 cm³/mol. The van der Waals surface area contributed by atoms with Crippen LogP contribution in [0, 0.1) is 0 Å². The molecule has 0 aliphatic rings. The van der Waals surface area contributed by atoms with Crippen LogP contribution in [0.25, 0.3) is 0 Å². The lowest BCUT2D eigenvalue weighted by Gasteiger charge is -2.14. The van der Waals surface area contributed by atoms with Gasteiger partial charge in [0.15, 0.2) is 0 Å². The first-order chi connectivity index (χ1) is 10.1. The zero-order chi connectivity index (χ0) is 15.2. The van der Waals surface area contributed by atoms with Gasteiger partial charge in [0.1, 0.15) is 11.5 Å². The summed E-state index contributed by atoms with van der Waals surface area (Å²) in [6.07, 6.45) is 3.32. The average molecular weight is 287 g/mol. The van der Waals surface area contributed by atoms with E-state index in [0.29, 0.717) is 12.2 Å². The number of aliphatic hydroxyl groups excluding tert-OH is 1. The minimum atomic E-state index is -0.610. The summed E-state index contributed by atoms with van der Waals surface area (Å²) < 4.78 is 10.7. The van der Waals surface area contributed by atoms with E-state index in [0.717, 1.165) is 16.9 Å². The fourth-order valence-corrected chi connectivity index (χ4v) is 2.06. The summed E-state index contributed by atoms with van der Waals surface area (Å²) in [4.78, 5) is 4.12. The Hall–Kier alpha value is -2.07. The van der Waals surface area contributed by atoms with Gasteiger partial charge in [0.25, 0.3) is 0 Å². The summed E-state index contributed by atoms with van der Waals surface area (Å²) in [6, 6.07) is 9.51. The number of rotatable bonds is 6. The number of nitrogens with zero attached hydrogens (tertiary/aromatic N) is 1. The minimum absolute atomic E-state index is 0.0841. The van der Waals surface area contributed by atoms with E-state index in [9.17, 15) is 5.11 Å². The number of hydrogen-bond donors (Lipinski definition) is 1. The SMILES string of the molecule is COc1ccc(CC(O)c2cncc(OC(C)C)c2)cc1. The Balaban J connectivity index is 2.06. The van der Waals surface area contributed by atoms with Crippen LogP contribution in [0.3, 0.4) is 0 Å². The summed E-state index contributed by atoms with van der Waals surface area (Å²) in [5, 5.41) is 10.3. The molecule has 0 radical (unpaired) electrons. The van der Waals surface area contributed by atoms with Crippen molar-refractivity contribution in [2.24, 2.45) is 0 Å². The standard InChI is InChI=1S/C17H21NO3/c1-12(2)21-16-9-14(10-18-11-16)17(19)8-13-4-6-15(20-3)7-5-13/h4-7,9-12,17,19H,8H2,1-3H3. The fraction of sp³-hybridized carbons (Fsp3) is 0.353. The molecule has 4 nitrogen and oxygen atoms in total. The number of aliphatic hydroxyl groups is 1. The number of benzene rings is 1. The molecule has 0 fully saturated rings. The maximum atomic E-state index is 10.3. The van der Waals surface area contributed by atoms with Crippen LogP contribution in [0.2, 0.25) is 0 Å². The van der Waals surface area contributed by atoms with Crippen molar-refractivity contribution in [1.29, 1.82) is 0 Å². The highest BCUT2D eigenvalue weighted by Crippen LogP contribution is 2.23. The van der Waals surface area contributed by atoms with Crippen LogP contribution in [-0.2, 0) is 6.42 Å². The molecule has 0 saturated heterocycles. The minimum Gasteiger partial charge on any atom is -0.497 e. The van der Waals surface area contributed by atoms with Crippen LogP contribution in [-0.4, -0.2) is 23.3 Å². The Morgan fingerprint density at radius 2 is 1.81 bits per heavy atom. The molecule has 4 heteroatoms. The summed E-state index contributed by atoms with van der Waals surface area (Å²) in [6.45, 7) is 3.92. The van der Waals surface area contributed by atoms with Gasteiger partial charge in [-0.15, -0.1) is 0 Å². The molecular weight excluding hydrogens is 266 g/mol. The van der Waals surface area contributed by atoms with Gasteiger partial charge in [-0.2, -0.15) is 0 Å². The molecule has 0 aliphatic heterocycles. The number of pyridine rings is 1. The van der Waals surface area contributed by atoms with Gasteiger partial charge in [-0.1, -0.05) is 12.1 Å². The Morgan fingerprint density at radius 1 is 1.10 bits per heavy atom. The van der Waals surface area contributed by atoms with Gasteiger partial charge in [-0.3, -0.25) is 4.98 Å². The molecule has 0 amide bonds. The lowest BCUT2D eigenvalue weighted by molar-refractivity contribution is 0.176. The molecule has 2 aromatic rings. The van der Waals surface area contributed by atoms with Crippen LogP contribution >= 0.6 is 0 Å². The first-order valence-corrected chi connectivity index (χ1v) is 7.01. The van der Waals surface area contributed by atoms with E-state index in [1.54, 1.807) is 19.5 Å². The molecule has 0 spiro atoms. The third-order valence-corrected chi connectivity index (χ3v) is 3.08. The number of aromatic nitrogens is 1. The van der Waals surface area contributed by atoms with Gasteiger partial charge in [-0.25, -0.2) is 0 Å². The first-order valence-electron chi connectivity index (χ1n) is 7.01. The van der Waals surface area contributed by atoms with Gasteiger partial charge in [0.05, 0.1) is 25.5 Å². The molecule has 0 saturated carbocycles. The Bertz CT molecular complexity index is 567. The molecule has 0 bridgehead atoms. The zero-order valence-corrected chi connectivity index (χ0v) is 12.6. The average Bonchev–Trinajstić information content (AvgIpc) is 2.47. The first kappa shape index (κ1) is 15.3. The topological polar surface area (TPSA) is 51.6 Å². The quantitative estimate of drug-likeness (QED) is 0.886. The number of ether oxygens (including phenoxy) is 2. The molecule has 21 heavy (non-hydrogen) atoms. The number of methoxy groups -OCH3 is 1. The van der Waals surface area contributed by atoms with E-state index in [1.807, 2.05) is 44.2 Å². The Labute approximate surface area is 125 Å². The van der Waals surface area contributed by atoms with E-state index in [1.165, 1.54) is 0 Å². The summed E-state index contributed by atoms with van der Waals surface area (Å²) in [5.74, 6) is 1.48. The molecule has 2 rings (SSSR count). The highest BCUT2D eigenvalue weighted by molar-refractivity contribution is 5.30. The normalized spacial score (nSPS) is 12.2. The highest BCUT2D eigenvalue weighted by Gasteiger charge is 2.11. The molecule has 1 N–H and O–H groups in total. The van der Waals surface area contributed by atoms with Crippen LogP contribution < -0.4 is 9.47 Å². The summed E-state index contributed by atoms with van der Waals surface area (Å²) in [7, 11) is 1.63. The molecule has 1 aromatic heterocycles. The van der Waals surface area contributed by atoms with Crippen molar-refractivity contribution < 1.29 is 14.6 Å². The maximum absolute atomic E-state index is 10.3. The largest absolute Gasteiger partial charge is 0.497 e. The van der Waals surface area contributed by atoms with Crippen LogP contribution in [0.5, 0.6) is 11.5 Å². The van der Waals surface area contributed by atoms with Gasteiger partial charge in [0, 0.05) is 18.2 Å². The molecule has 1 heterocycles. The van der Waals surface area contributed by atoms with E-state index in [2.05, 4.69) is 4.98 Å². The van der Waals surface area contributed by atoms with E-state index >= 15 is 0 Å². The second-order valence-corrected chi connectivity index (χ2v) is 5.19. The van der Waals surface area contributed by atoms with Gasteiger partial charge < -0.3 is 14.6 Å². The molecule has 112 valence electrons. The second-order valence-electron chi connectivity index (χ2n) is 5.19. The number of hydrogen-bond acceptors (Lipinski definition) is 4. The van der Waals surface area contributed by atoms with E-state index in [4.69, 9.17) is 9.47 Å². The van der Waals surface area contributed by atoms with Crippen molar-refractivity contribution in [2.45, 2.75) is 32.5 Å². The van der Waals surface area contributed by atoms with Crippen molar-refractivity contribution in [3.05, 3.63) is 53.9 Å². The maximum Gasteiger partial charge on any atom is 0.138 e. The molecule has 1 aromatic carbocycles. The van der Waals surface area contributed by atoms with Crippen molar-refractivity contribution in [3.63, 3.8) is 0 Å². The van der Waals surface area contributed by atoms with E-state index < -0.39 is 6.10 Å². The third-order valence-electron chi connectivity index (χ3n) is 3.08.